The van der Waals surface area contributed by atoms with E-state index in [-0.39, 0.29) is 35.3 Å². The third-order valence-electron chi connectivity index (χ3n) is 8.16. The van der Waals surface area contributed by atoms with Crippen LogP contribution in [-0.2, 0) is 14.9 Å². The van der Waals surface area contributed by atoms with E-state index < -0.39 is 5.60 Å². The molecule has 0 unspecified atom stereocenters. The van der Waals surface area contributed by atoms with E-state index in [1.165, 1.54) is 25.3 Å². The molecular weight excluding hydrogens is 445 g/mol. The van der Waals surface area contributed by atoms with E-state index in [9.17, 15) is 14.0 Å². The highest BCUT2D eigenvalue weighted by molar-refractivity contribution is 5.83. The highest BCUT2D eigenvalue weighted by Crippen LogP contribution is 2.49. The van der Waals surface area contributed by atoms with Crippen LogP contribution in [0.3, 0.4) is 0 Å². The first kappa shape index (κ1) is 25.9. The molecule has 6 nitrogen and oxygen atoms in total. The number of hydrogen-bond donors (Lipinski definition) is 0. The van der Waals surface area contributed by atoms with Crippen molar-refractivity contribution in [2.45, 2.75) is 82.3 Å². The number of rotatable bonds is 7. The normalized spacial score (nSPS) is 27.6. The number of urea groups is 1. The number of likely N-dealkylation sites (N-methyl/N-ethyl adjacent to an activating group) is 1. The van der Waals surface area contributed by atoms with Crippen molar-refractivity contribution < 1.29 is 18.7 Å². The zero-order valence-corrected chi connectivity index (χ0v) is 22.1. The van der Waals surface area contributed by atoms with Crippen LogP contribution in [0.25, 0.3) is 0 Å². The number of amides is 2. The summed E-state index contributed by atoms with van der Waals surface area (Å²) >= 11 is 0. The Labute approximate surface area is 209 Å². The third kappa shape index (κ3) is 5.65. The predicted molar refractivity (Wildman–Crippen MR) is 135 cm³/mol. The minimum atomic E-state index is -0.579. The van der Waals surface area contributed by atoms with Crippen LogP contribution in [0.1, 0.15) is 71.3 Å². The van der Waals surface area contributed by atoms with Gasteiger partial charge in [-0.2, -0.15) is 0 Å². The number of halogens is 1. The van der Waals surface area contributed by atoms with Gasteiger partial charge in [-0.15, -0.1) is 0 Å². The monoisotopic (exact) mass is 487 g/mol. The molecule has 0 radical (unpaired) electrons. The summed E-state index contributed by atoms with van der Waals surface area (Å²) in [6.45, 7) is 7.69. The first-order chi connectivity index (χ1) is 16.4. The van der Waals surface area contributed by atoms with Crippen molar-refractivity contribution in [3.63, 3.8) is 0 Å². The van der Waals surface area contributed by atoms with Gasteiger partial charge in [-0.1, -0.05) is 18.6 Å². The Balaban J connectivity index is 1.56. The highest BCUT2D eigenvalue weighted by Gasteiger charge is 2.54. The van der Waals surface area contributed by atoms with Crippen LogP contribution >= 0.6 is 0 Å². The summed E-state index contributed by atoms with van der Waals surface area (Å²) in [7, 11) is 4.13. The summed E-state index contributed by atoms with van der Waals surface area (Å²) in [6.07, 6.45) is 7.01. The average Bonchev–Trinajstić information content (AvgIpc) is 2.96. The minimum Gasteiger partial charge on any atom is -0.459 e. The van der Waals surface area contributed by atoms with E-state index in [4.69, 9.17) is 4.74 Å². The van der Waals surface area contributed by atoms with Crippen molar-refractivity contribution in [3.8, 4) is 0 Å². The maximum absolute atomic E-state index is 14.2. The smallest absolute Gasteiger partial charge is 0.326 e. The summed E-state index contributed by atoms with van der Waals surface area (Å²) in [6, 6.07) is 7.00. The van der Waals surface area contributed by atoms with Gasteiger partial charge in [0.2, 0.25) is 0 Å². The van der Waals surface area contributed by atoms with Crippen LogP contribution in [0.5, 0.6) is 0 Å². The summed E-state index contributed by atoms with van der Waals surface area (Å²) in [4.78, 5) is 32.2. The van der Waals surface area contributed by atoms with Crippen LogP contribution in [0.15, 0.2) is 24.3 Å². The topological polar surface area (TPSA) is 53.1 Å². The molecule has 0 N–H and O–H groups in total. The molecule has 2 saturated carbocycles. The number of carbonyl (C=O) groups excluding carboxylic acids is 2. The van der Waals surface area contributed by atoms with Crippen LogP contribution in [0.4, 0.5) is 9.18 Å². The van der Waals surface area contributed by atoms with Gasteiger partial charge in [0.1, 0.15) is 18.0 Å². The Morgan fingerprint density at radius 1 is 1.17 bits per heavy atom. The molecule has 1 aromatic carbocycles. The molecule has 0 bridgehead atoms. The zero-order chi connectivity index (χ0) is 25.4. The molecule has 2 aliphatic carbocycles. The van der Waals surface area contributed by atoms with Gasteiger partial charge in [-0.3, -0.25) is 4.79 Å². The Morgan fingerprint density at radius 2 is 1.86 bits per heavy atom. The molecule has 1 saturated heterocycles. The van der Waals surface area contributed by atoms with Crippen LogP contribution in [0.2, 0.25) is 0 Å². The summed E-state index contributed by atoms with van der Waals surface area (Å²) in [5.74, 6) is -0.00916. The molecule has 0 atom stereocenters. The fourth-order valence-corrected chi connectivity index (χ4v) is 6.32. The lowest BCUT2D eigenvalue weighted by Crippen LogP contribution is -2.55. The zero-order valence-electron chi connectivity index (χ0n) is 22.1. The van der Waals surface area contributed by atoms with Crippen LogP contribution in [-0.4, -0.2) is 78.1 Å². The number of hydrogen-bond acceptors (Lipinski definition) is 4. The molecule has 7 heteroatoms. The fourth-order valence-electron chi connectivity index (χ4n) is 6.32. The standard InChI is InChI=1S/C28H42FN3O3/c1-26(2,3)35-24(33)18-31-20-28(32(25(31)34)17-21-8-6-9-21)14-12-27(13-15-28,19-30(4)5)22-10-7-11-23(29)16-22/h7,10-11,16,21H,6,8-9,12-15,17-20H2,1-5H3. The van der Waals surface area contributed by atoms with Gasteiger partial charge in [0.25, 0.3) is 0 Å². The summed E-state index contributed by atoms with van der Waals surface area (Å²) in [5.41, 5.74) is 0.0324. The summed E-state index contributed by atoms with van der Waals surface area (Å²) < 4.78 is 19.7. The lowest BCUT2D eigenvalue weighted by atomic mass is 9.63. The molecule has 3 fully saturated rings. The van der Waals surface area contributed by atoms with Crippen molar-refractivity contribution in [1.29, 1.82) is 0 Å². The largest absolute Gasteiger partial charge is 0.459 e. The van der Waals surface area contributed by atoms with Gasteiger partial charge in [0.15, 0.2) is 0 Å². The van der Waals surface area contributed by atoms with Crippen LogP contribution < -0.4 is 0 Å². The highest BCUT2D eigenvalue weighted by atomic mass is 19.1. The molecule has 4 rings (SSSR count). The van der Waals surface area contributed by atoms with Gasteiger partial charge in [0, 0.05) is 25.0 Å². The molecule has 1 aliphatic heterocycles. The molecular formula is C28H42FN3O3. The number of nitrogens with zero attached hydrogens (tertiary/aromatic N) is 3. The molecule has 3 aliphatic rings. The second kappa shape index (κ2) is 9.72. The molecule has 35 heavy (non-hydrogen) atoms. The Kier molecular flexibility index (Phi) is 7.20. The van der Waals surface area contributed by atoms with Gasteiger partial charge < -0.3 is 19.4 Å². The van der Waals surface area contributed by atoms with Crippen molar-refractivity contribution >= 4 is 12.0 Å². The van der Waals surface area contributed by atoms with Gasteiger partial charge >= 0.3 is 12.0 Å². The lowest BCUT2D eigenvalue weighted by Gasteiger charge is -2.50. The number of carbonyl (C=O) groups is 2. The van der Waals surface area contributed by atoms with E-state index in [1.54, 1.807) is 17.0 Å². The van der Waals surface area contributed by atoms with Gasteiger partial charge in [0.05, 0.1) is 5.54 Å². The summed E-state index contributed by atoms with van der Waals surface area (Å²) in [5, 5.41) is 0. The van der Waals surface area contributed by atoms with Crippen molar-refractivity contribution in [1.82, 2.24) is 14.7 Å². The minimum absolute atomic E-state index is 0.00818. The van der Waals surface area contributed by atoms with Gasteiger partial charge in [-0.25, -0.2) is 9.18 Å². The molecule has 1 spiro atoms. The second-order valence-corrected chi connectivity index (χ2v) is 12.4. The molecule has 1 aromatic rings. The molecule has 194 valence electrons. The van der Waals surface area contributed by atoms with Crippen molar-refractivity contribution in [3.05, 3.63) is 35.6 Å². The average molecular weight is 488 g/mol. The van der Waals surface area contributed by atoms with E-state index >= 15 is 0 Å². The van der Waals surface area contributed by atoms with Gasteiger partial charge in [-0.05, 0) is 97.0 Å². The Hall–Kier alpha value is -2.15. The van der Waals surface area contributed by atoms with Crippen molar-refractivity contribution in [2.24, 2.45) is 5.92 Å². The Morgan fingerprint density at radius 3 is 2.40 bits per heavy atom. The van der Waals surface area contributed by atoms with E-state index in [1.807, 2.05) is 26.8 Å². The van der Waals surface area contributed by atoms with E-state index in [2.05, 4.69) is 23.9 Å². The maximum atomic E-state index is 14.2. The van der Waals surface area contributed by atoms with Crippen LogP contribution in [0, 0.1) is 11.7 Å². The number of esters is 1. The fraction of sp³-hybridized carbons (Fsp3) is 0.714. The lowest BCUT2D eigenvalue weighted by molar-refractivity contribution is -0.155. The van der Waals surface area contributed by atoms with E-state index in [0.717, 1.165) is 44.3 Å². The first-order valence-corrected chi connectivity index (χ1v) is 13.1. The number of benzene rings is 1. The predicted octanol–water partition coefficient (Wildman–Crippen LogP) is 4.82. The number of ether oxygens (including phenoxy) is 1. The molecule has 2 amide bonds. The second-order valence-electron chi connectivity index (χ2n) is 12.4. The SMILES string of the molecule is CN(C)CC1(c2cccc(F)c2)CCC2(CC1)CN(CC(=O)OC(C)(C)C)C(=O)N2CC1CCC1. The quantitative estimate of drug-likeness (QED) is 0.518. The molecule has 0 aromatic heterocycles. The van der Waals surface area contributed by atoms with Crippen molar-refractivity contribution in [2.75, 3.05) is 40.3 Å². The Bertz CT molecular complexity index is 930. The van der Waals surface area contributed by atoms with E-state index in [0.29, 0.717) is 12.5 Å². The molecule has 1 heterocycles. The maximum Gasteiger partial charge on any atom is 0.326 e. The first-order valence-electron chi connectivity index (χ1n) is 13.1. The third-order valence-corrected chi connectivity index (χ3v) is 8.16.